The van der Waals surface area contributed by atoms with E-state index in [1.54, 1.807) is 0 Å². The van der Waals surface area contributed by atoms with Gasteiger partial charge in [-0.05, 0) is 34.8 Å². The molecule has 0 spiro atoms. The Hall–Kier alpha value is -1.12. The van der Waals surface area contributed by atoms with E-state index in [1.165, 1.54) is 12.8 Å². The Kier molecular flexibility index (Phi) is 3.23. The SMILES string of the molecule is N#Cc1cc(Br)c(C2CC2)nc1N1CCNCC1. The first-order chi connectivity index (χ1) is 8.79. The minimum absolute atomic E-state index is 0.591. The number of piperazine rings is 1. The third-order valence-electron chi connectivity index (χ3n) is 3.48. The zero-order chi connectivity index (χ0) is 12.5. The van der Waals surface area contributed by atoms with E-state index in [0.717, 1.165) is 42.2 Å². The average Bonchev–Trinajstić information content (AvgIpc) is 3.23. The van der Waals surface area contributed by atoms with Crippen LogP contribution in [-0.4, -0.2) is 31.2 Å². The third kappa shape index (κ3) is 2.23. The Balaban J connectivity index is 1.99. The van der Waals surface area contributed by atoms with E-state index in [9.17, 15) is 5.26 Å². The van der Waals surface area contributed by atoms with Crippen LogP contribution in [0.1, 0.15) is 30.0 Å². The molecule has 0 bridgehead atoms. The van der Waals surface area contributed by atoms with Crippen LogP contribution in [0.4, 0.5) is 5.82 Å². The molecule has 1 aromatic rings. The van der Waals surface area contributed by atoms with Gasteiger partial charge in [0.2, 0.25) is 0 Å². The van der Waals surface area contributed by atoms with E-state index in [1.807, 2.05) is 6.07 Å². The summed E-state index contributed by atoms with van der Waals surface area (Å²) >= 11 is 3.54. The van der Waals surface area contributed by atoms with Gasteiger partial charge < -0.3 is 10.2 Å². The van der Waals surface area contributed by atoms with Crippen molar-refractivity contribution in [3.63, 3.8) is 0 Å². The second kappa shape index (κ2) is 4.87. The molecule has 1 aliphatic heterocycles. The molecule has 0 aromatic carbocycles. The zero-order valence-electron chi connectivity index (χ0n) is 10.1. The second-order valence-corrected chi connectivity index (χ2v) is 5.70. The predicted molar refractivity (Wildman–Crippen MR) is 73.7 cm³/mol. The van der Waals surface area contributed by atoms with Crippen molar-refractivity contribution in [1.82, 2.24) is 10.3 Å². The van der Waals surface area contributed by atoms with Crippen molar-refractivity contribution in [3.8, 4) is 6.07 Å². The number of halogens is 1. The largest absolute Gasteiger partial charge is 0.353 e. The van der Waals surface area contributed by atoms with Gasteiger partial charge in [-0.2, -0.15) is 5.26 Å². The first kappa shape index (κ1) is 11.9. The fraction of sp³-hybridized carbons (Fsp3) is 0.538. The Morgan fingerprint density at radius 3 is 2.72 bits per heavy atom. The van der Waals surface area contributed by atoms with Gasteiger partial charge in [0.05, 0.1) is 11.3 Å². The van der Waals surface area contributed by atoms with Gasteiger partial charge in [-0.1, -0.05) is 0 Å². The van der Waals surface area contributed by atoms with Gasteiger partial charge in [0.1, 0.15) is 11.9 Å². The Morgan fingerprint density at radius 2 is 2.11 bits per heavy atom. The van der Waals surface area contributed by atoms with E-state index in [0.29, 0.717) is 11.5 Å². The summed E-state index contributed by atoms with van der Waals surface area (Å²) in [4.78, 5) is 6.97. The summed E-state index contributed by atoms with van der Waals surface area (Å²) in [6, 6.07) is 4.19. The maximum absolute atomic E-state index is 9.27. The van der Waals surface area contributed by atoms with E-state index >= 15 is 0 Å². The lowest BCUT2D eigenvalue weighted by atomic mass is 10.2. The lowest BCUT2D eigenvalue weighted by Crippen LogP contribution is -2.44. The van der Waals surface area contributed by atoms with Crippen molar-refractivity contribution in [3.05, 3.63) is 21.8 Å². The molecule has 0 amide bonds. The van der Waals surface area contributed by atoms with Crippen LogP contribution in [0.2, 0.25) is 0 Å². The quantitative estimate of drug-likeness (QED) is 0.908. The minimum Gasteiger partial charge on any atom is -0.353 e. The van der Waals surface area contributed by atoms with Gasteiger partial charge in [0, 0.05) is 36.6 Å². The molecule has 2 heterocycles. The highest BCUT2D eigenvalue weighted by atomic mass is 79.9. The molecule has 18 heavy (non-hydrogen) atoms. The summed E-state index contributed by atoms with van der Waals surface area (Å²) < 4.78 is 0.987. The van der Waals surface area contributed by atoms with Crippen LogP contribution in [0.5, 0.6) is 0 Å². The first-order valence-corrected chi connectivity index (χ1v) is 7.15. The molecule has 3 rings (SSSR count). The Morgan fingerprint density at radius 1 is 1.39 bits per heavy atom. The number of nitrogens with zero attached hydrogens (tertiary/aromatic N) is 3. The topological polar surface area (TPSA) is 52.0 Å². The van der Waals surface area contributed by atoms with E-state index < -0.39 is 0 Å². The molecule has 2 aliphatic rings. The minimum atomic E-state index is 0.591. The molecule has 1 saturated heterocycles. The van der Waals surface area contributed by atoms with Gasteiger partial charge in [-0.25, -0.2) is 4.98 Å². The van der Waals surface area contributed by atoms with Crippen LogP contribution in [0.15, 0.2) is 10.5 Å². The van der Waals surface area contributed by atoms with Crippen molar-refractivity contribution in [2.45, 2.75) is 18.8 Å². The smallest absolute Gasteiger partial charge is 0.147 e. The Bertz CT molecular complexity index is 498. The van der Waals surface area contributed by atoms with Crippen molar-refractivity contribution in [1.29, 1.82) is 5.26 Å². The van der Waals surface area contributed by atoms with Crippen LogP contribution in [-0.2, 0) is 0 Å². The average molecular weight is 307 g/mol. The van der Waals surface area contributed by atoms with Crippen LogP contribution < -0.4 is 10.2 Å². The molecule has 5 heteroatoms. The van der Waals surface area contributed by atoms with Crippen LogP contribution in [0.25, 0.3) is 0 Å². The summed E-state index contributed by atoms with van der Waals surface area (Å²) in [6.07, 6.45) is 2.44. The molecule has 1 aliphatic carbocycles. The summed E-state index contributed by atoms with van der Waals surface area (Å²) in [5, 5.41) is 12.6. The molecule has 2 fully saturated rings. The highest BCUT2D eigenvalue weighted by Crippen LogP contribution is 2.43. The van der Waals surface area contributed by atoms with Crippen molar-refractivity contribution in [2.75, 3.05) is 31.1 Å². The van der Waals surface area contributed by atoms with Crippen molar-refractivity contribution >= 4 is 21.7 Å². The van der Waals surface area contributed by atoms with Gasteiger partial charge >= 0.3 is 0 Å². The number of aromatic nitrogens is 1. The number of rotatable bonds is 2. The number of nitrogens with one attached hydrogen (secondary N) is 1. The third-order valence-corrected chi connectivity index (χ3v) is 4.12. The monoisotopic (exact) mass is 306 g/mol. The van der Waals surface area contributed by atoms with Crippen molar-refractivity contribution in [2.24, 2.45) is 0 Å². The van der Waals surface area contributed by atoms with Gasteiger partial charge in [0.15, 0.2) is 0 Å². The number of pyridine rings is 1. The van der Waals surface area contributed by atoms with Gasteiger partial charge in [-0.15, -0.1) is 0 Å². The van der Waals surface area contributed by atoms with Crippen molar-refractivity contribution < 1.29 is 0 Å². The van der Waals surface area contributed by atoms with Gasteiger partial charge in [0.25, 0.3) is 0 Å². The molecule has 4 nitrogen and oxygen atoms in total. The molecule has 94 valence electrons. The Labute approximate surface area is 115 Å². The first-order valence-electron chi connectivity index (χ1n) is 6.36. The van der Waals surface area contributed by atoms with Gasteiger partial charge in [-0.3, -0.25) is 0 Å². The summed E-state index contributed by atoms with van der Waals surface area (Å²) in [5.41, 5.74) is 1.80. The van der Waals surface area contributed by atoms with E-state index in [4.69, 9.17) is 4.98 Å². The molecule has 0 radical (unpaired) electrons. The number of hydrogen-bond acceptors (Lipinski definition) is 4. The normalized spacial score (nSPS) is 19.7. The number of nitriles is 1. The standard InChI is InChI=1S/C13H15BrN4/c14-11-7-10(8-15)13(17-12(11)9-1-2-9)18-5-3-16-4-6-18/h7,9,16H,1-6H2. The molecule has 1 aromatic heterocycles. The highest BCUT2D eigenvalue weighted by Gasteiger charge is 2.29. The number of anilines is 1. The summed E-state index contributed by atoms with van der Waals surface area (Å²) in [5.74, 6) is 1.46. The molecule has 0 unspecified atom stereocenters. The van der Waals surface area contributed by atoms with Crippen LogP contribution >= 0.6 is 15.9 Å². The predicted octanol–water partition coefficient (Wildman–Crippen LogP) is 2.00. The molecule has 1 N–H and O–H groups in total. The summed E-state index contributed by atoms with van der Waals surface area (Å²) in [6.45, 7) is 3.77. The fourth-order valence-corrected chi connectivity index (χ4v) is 2.98. The zero-order valence-corrected chi connectivity index (χ0v) is 11.7. The summed E-state index contributed by atoms with van der Waals surface area (Å²) in [7, 11) is 0. The second-order valence-electron chi connectivity index (χ2n) is 4.85. The lowest BCUT2D eigenvalue weighted by Gasteiger charge is -2.29. The lowest BCUT2D eigenvalue weighted by molar-refractivity contribution is 0.583. The molecular formula is C13H15BrN4. The molecule has 1 saturated carbocycles. The fourth-order valence-electron chi connectivity index (χ4n) is 2.34. The molecule has 0 atom stereocenters. The van der Waals surface area contributed by atoms with E-state index in [2.05, 4.69) is 32.2 Å². The number of hydrogen-bond donors (Lipinski definition) is 1. The maximum atomic E-state index is 9.27. The van der Waals surface area contributed by atoms with Crippen LogP contribution in [0, 0.1) is 11.3 Å². The highest BCUT2D eigenvalue weighted by molar-refractivity contribution is 9.10. The maximum Gasteiger partial charge on any atom is 0.147 e. The van der Waals surface area contributed by atoms with Crippen LogP contribution in [0.3, 0.4) is 0 Å². The van der Waals surface area contributed by atoms with E-state index in [-0.39, 0.29) is 0 Å². The molecular weight excluding hydrogens is 292 g/mol.